The van der Waals surface area contributed by atoms with Crippen LogP contribution in [-0.4, -0.2) is 37.7 Å². The highest BCUT2D eigenvalue weighted by atomic mass is 16.5. The number of likely N-dealkylation sites (tertiary alicyclic amines) is 1. The van der Waals surface area contributed by atoms with E-state index in [0.29, 0.717) is 0 Å². The highest BCUT2D eigenvalue weighted by Gasteiger charge is 2.15. The highest BCUT2D eigenvalue weighted by molar-refractivity contribution is 5.31. The van der Waals surface area contributed by atoms with Crippen LogP contribution in [-0.2, 0) is 0 Å². The number of piperidine rings is 1. The van der Waals surface area contributed by atoms with Gasteiger partial charge in [-0.05, 0) is 56.0 Å². The first-order valence-electron chi connectivity index (χ1n) is 7.86. The summed E-state index contributed by atoms with van der Waals surface area (Å²) >= 11 is 0. The summed E-state index contributed by atoms with van der Waals surface area (Å²) < 4.78 is 11.4. The maximum atomic E-state index is 5.81. The van der Waals surface area contributed by atoms with Crippen molar-refractivity contribution in [3.8, 4) is 11.5 Å². The van der Waals surface area contributed by atoms with E-state index in [4.69, 9.17) is 9.47 Å². The Bertz CT molecular complexity index is 377. The molecule has 0 unspecified atom stereocenters. The van der Waals surface area contributed by atoms with Gasteiger partial charge in [-0.15, -0.1) is 0 Å². The molecule has 0 aromatic heterocycles. The monoisotopic (exact) mass is 277 g/mol. The lowest BCUT2D eigenvalue weighted by atomic mass is 10.0. The van der Waals surface area contributed by atoms with Gasteiger partial charge in [0.25, 0.3) is 0 Å². The molecule has 0 radical (unpaired) electrons. The molecule has 1 fully saturated rings. The summed E-state index contributed by atoms with van der Waals surface area (Å²) in [5.41, 5.74) is 0. The first kappa shape index (κ1) is 15.2. The van der Waals surface area contributed by atoms with Gasteiger partial charge in [0, 0.05) is 13.1 Å². The highest BCUT2D eigenvalue weighted by Crippen LogP contribution is 2.18. The van der Waals surface area contributed by atoms with E-state index < -0.39 is 0 Å². The Labute approximate surface area is 122 Å². The standard InChI is InChI=1S/C17H27NO2/c1-3-12-19-16-6-8-17(9-7-16)20-13-11-18-10-4-5-15(2)14-18/h6-9,15H,3-5,10-14H2,1-2H3/t15-/m1/s1. The van der Waals surface area contributed by atoms with Gasteiger partial charge >= 0.3 is 0 Å². The molecule has 0 amide bonds. The van der Waals surface area contributed by atoms with Crippen molar-refractivity contribution in [3.63, 3.8) is 0 Å². The van der Waals surface area contributed by atoms with Gasteiger partial charge in [-0.2, -0.15) is 0 Å². The third-order valence-electron chi connectivity index (χ3n) is 3.71. The summed E-state index contributed by atoms with van der Waals surface area (Å²) in [6.45, 7) is 9.44. The van der Waals surface area contributed by atoms with E-state index in [1.54, 1.807) is 0 Å². The molecule has 112 valence electrons. The van der Waals surface area contributed by atoms with Crippen LogP contribution in [0.5, 0.6) is 11.5 Å². The third-order valence-corrected chi connectivity index (χ3v) is 3.71. The average Bonchev–Trinajstić information content (AvgIpc) is 2.46. The lowest BCUT2D eigenvalue weighted by Gasteiger charge is -2.30. The van der Waals surface area contributed by atoms with Crippen molar-refractivity contribution in [1.82, 2.24) is 4.90 Å². The van der Waals surface area contributed by atoms with Gasteiger partial charge in [0.15, 0.2) is 0 Å². The quantitative estimate of drug-likeness (QED) is 0.760. The molecule has 1 aromatic rings. The average molecular weight is 277 g/mol. The van der Waals surface area contributed by atoms with Crippen LogP contribution in [0, 0.1) is 5.92 Å². The molecule has 1 aromatic carbocycles. The lowest BCUT2D eigenvalue weighted by Crippen LogP contribution is -2.37. The topological polar surface area (TPSA) is 21.7 Å². The summed E-state index contributed by atoms with van der Waals surface area (Å²) in [6.07, 6.45) is 3.73. The van der Waals surface area contributed by atoms with Crippen LogP contribution in [0.4, 0.5) is 0 Å². The minimum atomic E-state index is 0.766. The van der Waals surface area contributed by atoms with Crippen molar-refractivity contribution in [2.75, 3.05) is 32.8 Å². The van der Waals surface area contributed by atoms with E-state index in [2.05, 4.69) is 18.7 Å². The normalized spacial score (nSPS) is 19.8. The van der Waals surface area contributed by atoms with Crippen LogP contribution >= 0.6 is 0 Å². The number of rotatable bonds is 7. The van der Waals surface area contributed by atoms with Gasteiger partial charge in [0.2, 0.25) is 0 Å². The Morgan fingerprint density at radius 1 is 1.10 bits per heavy atom. The zero-order valence-corrected chi connectivity index (χ0v) is 12.8. The Morgan fingerprint density at radius 2 is 1.75 bits per heavy atom. The van der Waals surface area contributed by atoms with Crippen molar-refractivity contribution >= 4 is 0 Å². The van der Waals surface area contributed by atoms with Crippen LogP contribution < -0.4 is 9.47 Å². The first-order chi connectivity index (χ1) is 9.78. The fraction of sp³-hybridized carbons (Fsp3) is 0.647. The number of benzene rings is 1. The number of hydrogen-bond donors (Lipinski definition) is 0. The maximum Gasteiger partial charge on any atom is 0.119 e. The van der Waals surface area contributed by atoms with Gasteiger partial charge < -0.3 is 9.47 Å². The van der Waals surface area contributed by atoms with Crippen molar-refractivity contribution in [3.05, 3.63) is 24.3 Å². The van der Waals surface area contributed by atoms with E-state index >= 15 is 0 Å². The number of ether oxygens (including phenoxy) is 2. The summed E-state index contributed by atoms with van der Waals surface area (Å²) in [5, 5.41) is 0. The Hall–Kier alpha value is -1.22. The summed E-state index contributed by atoms with van der Waals surface area (Å²) in [4.78, 5) is 2.51. The fourth-order valence-corrected chi connectivity index (χ4v) is 2.63. The van der Waals surface area contributed by atoms with E-state index in [0.717, 1.165) is 43.6 Å². The molecule has 0 N–H and O–H groups in total. The molecule has 0 spiro atoms. The zero-order chi connectivity index (χ0) is 14.2. The lowest BCUT2D eigenvalue weighted by molar-refractivity contribution is 0.153. The molecular weight excluding hydrogens is 250 g/mol. The van der Waals surface area contributed by atoms with Gasteiger partial charge in [0.05, 0.1) is 6.61 Å². The summed E-state index contributed by atoms with van der Waals surface area (Å²) in [5.74, 6) is 2.68. The van der Waals surface area contributed by atoms with E-state index in [1.807, 2.05) is 24.3 Å². The predicted octanol–water partition coefficient (Wildman–Crippen LogP) is 3.59. The van der Waals surface area contributed by atoms with E-state index in [1.165, 1.54) is 25.9 Å². The van der Waals surface area contributed by atoms with Crippen molar-refractivity contribution < 1.29 is 9.47 Å². The van der Waals surface area contributed by atoms with Gasteiger partial charge in [-0.3, -0.25) is 4.90 Å². The molecular formula is C17H27NO2. The number of hydrogen-bond acceptors (Lipinski definition) is 3. The Kier molecular flexibility index (Phi) is 6.19. The molecule has 1 atom stereocenters. The minimum absolute atomic E-state index is 0.766. The Balaban J connectivity index is 1.68. The van der Waals surface area contributed by atoms with Gasteiger partial charge in [0.1, 0.15) is 18.1 Å². The van der Waals surface area contributed by atoms with Gasteiger partial charge in [-0.1, -0.05) is 13.8 Å². The van der Waals surface area contributed by atoms with Gasteiger partial charge in [-0.25, -0.2) is 0 Å². The van der Waals surface area contributed by atoms with Crippen LogP contribution in [0.15, 0.2) is 24.3 Å². The predicted molar refractivity (Wildman–Crippen MR) is 82.6 cm³/mol. The third kappa shape index (κ3) is 5.04. The molecule has 0 saturated carbocycles. The molecule has 1 heterocycles. The SMILES string of the molecule is CCCOc1ccc(OCCN2CCC[C@@H](C)C2)cc1. The molecule has 2 rings (SSSR count). The number of nitrogens with zero attached hydrogens (tertiary/aromatic N) is 1. The second-order valence-electron chi connectivity index (χ2n) is 5.72. The minimum Gasteiger partial charge on any atom is -0.494 e. The van der Waals surface area contributed by atoms with E-state index in [9.17, 15) is 0 Å². The second kappa shape index (κ2) is 8.15. The molecule has 1 aliphatic heterocycles. The van der Waals surface area contributed by atoms with Crippen LogP contribution in [0.2, 0.25) is 0 Å². The molecule has 1 saturated heterocycles. The first-order valence-corrected chi connectivity index (χ1v) is 7.86. The Morgan fingerprint density at radius 3 is 2.35 bits per heavy atom. The largest absolute Gasteiger partial charge is 0.494 e. The molecule has 3 nitrogen and oxygen atoms in total. The molecule has 20 heavy (non-hydrogen) atoms. The van der Waals surface area contributed by atoms with Crippen molar-refractivity contribution in [2.24, 2.45) is 5.92 Å². The van der Waals surface area contributed by atoms with Crippen molar-refractivity contribution in [1.29, 1.82) is 0 Å². The molecule has 0 aliphatic carbocycles. The molecule has 0 bridgehead atoms. The van der Waals surface area contributed by atoms with Crippen LogP contribution in [0.3, 0.4) is 0 Å². The van der Waals surface area contributed by atoms with Crippen LogP contribution in [0.1, 0.15) is 33.1 Å². The van der Waals surface area contributed by atoms with Crippen molar-refractivity contribution in [2.45, 2.75) is 33.1 Å². The maximum absolute atomic E-state index is 5.81. The molecule has 3 heteroatoms. The fourth-order valence-electron chi connectivity index (χ4n) is 2.63. The van der Waals surface area contributed by atoms with E-state index in [-0.39, 0.29) is 0 Å². The molecule has 1 aliphatic rings. The second-order valence-corrected chi connectivity index (χ2v) is 5.72. The smallest absolute Gasteiger partial charge is 0.119 e. The van der Waals surface area contributed by atoms with Crippen LogP contribution in [0.25, 0.3) is 0 Å². The summed E-state index contributed by atoms with van der Waals surface area (Å²) in [6, 6.07) is 7.94. The summed E-state index contributed by atoms with van der Waals surface area (Å²) in [7, 11) is 0. The zero-order valence-electron chi connectivity index (χ0n) is 12.8.